The van der Waals surface area contributed by atoms with Crippen molar-refractivity contribution < 1.29 is 4.42 Å². The maximum Gasteiger partial charge on any atom is 0.164 e. The van der Waals surface area contributed by atoms with Gasteiger partial charge in [-0.3, -0.25) is 0 Å². The fraction of sp³-hybridized carbons (Fsp3) is 0.471. The van der Waals surface area contributed by atoms with Gasteiger partial charge in [0, 0.05) is 13.6 Å². The minimum Gasteiger partial charge on any atom is -0.464 e. The minimum absolute atomic E-state index is 0.188. The summed E-state index contributed by atoms with van der Waals surface area (Å²) < 4.78 is 8.52. The van der Waals surface area contributed by atoms with E-state index in [-0.39, 0.29) is 6.04 Å². The van der Waals surface area contributed by atoms with Gasteiger partial charge in [0.05, 0.1) is 11.4 Å². The zero-order valence-corrected chi connectivity index (χ0v) is 15.6. The molecule has 0 amide bonds. The van der Waals surface area contributed by atoms with Crippen LogP contribution < -0.4 is 4.90 Å². The number of anilines is 1. The van der Waals surface area contributed by atoms with Crippen molar-refractivity contribution in [2.45, 2.75) is 32.7 Å². The summed E-state index contributed by atoms with van der Waals surface area (Å²) in [5, 5.41) is 5.40. The highest BCUT2D eigenvalue weighted by molar-refractivity contribution is 9.10. The lowest BCUT2D eigenvalue weighted by Crippen LogP contribution is -2.36. The lowest BCUT2D eigenvalue weighted by atomic mass is 9.91. The first kappa shape index (κ1) is 15.6. The molecule has 0 spiro atoms. The Balaban J connectivity index is 1.84. The fourth-order valence-corrected chi connectivity index (χ4v) is 4.13. The summed E-state index contributed by atoms with van der Waals surface area (Å²) in [5.41, 5.74) is 0.833. The van der Waals surface area contributed by atoms with Gasteiger partial charge in [0.15, 0.2) is 5.65 Å². The van der Waals surface area contributed by atoms with Gasteiger partial charge in [-0.25, -0.2) is 14.6 Å². The number of aromatic nitrogens is 4. The summed E-state index contributed by atoms with van der Waals surface area (Å²) in [7, 11) is 1.90. The molecule has 1 saturated heterocycles. The molecule has 4 heterocycles. The Kier molecular flexibility index (Phi) is 3.83. The van der Waals surface area contributed by atoms with E-state index in [2.05, 4.69) is 48.9 Å². The number of hydrogen-bond donors (Lipinski definition) is 0. The number of piperidine rings is 1. The molecule has 0 radical (unpaired) electrons. The predicted octanol–water partition coefficient (Wildman–Crippen LogP) is 4.00. The average molecular weight is 390 g/mol. The Morgan fingerprint density at radius 2 is 2.12 bits per heavy atom. The topological polar surface area (TPSA) is 60.0 Å². The average Bonchev–Trinajstić information content (AvgIpc) is 3.11. The number of nitrogens with zero attached hydrogens (tertiary/aromatic N) is 5. The third-order valence-electron chi connectivity index (χ3n) is 4.78. The quantitative estimate of drug-likeness (QED) is 0.662. The van der Waals surface area contributed by atoms with Crippen molar-refractivity contribution in [1.82, 2.24) is 19.7 Å². The van der Waals surface area contributed by atoms with Crippen molar-refractivity contribution >= 4 is 32.8 Å². The van der Waals surface area contributed by atoms with Crippen LogP contribution in [0.4, 0.5) is 5.82 Å². The first-order valence-electron chi connectivity index (χ1n) is 8.20. The molecule has 126 valence electrons. The normalized spacial score (nSPS) is 21.6. The highest BCUT2D eigenvalue weighted by Crippen LogP contribution is 2.40. The van der Waals surface area contributed by atoms with E-state index in [0.29, 0.717) is 5.92 Å². The van der Waals surface area contributed by atoms with E-state index in [0.717, 1.165) is 52.4 Å². The standard InChI is InChI=1S/C17H20BrN5O/c1-10-6-7-23(12(8-10)13-5-4-11(2)24-13)17-14-15(18)21-22(3)16(14)19-9-20-17/h4-5,9-10,12H,6-8H2,1-3H3. The molecular weight excluding hydrogens is 370 g/mol. The second kappa shape index (κ2) is 5.88. The number of rotatable bonds is 2. The molecule has 2 unspecified atom stereocenters. The summed E-state index contributed by atoms with van der Waals surface area (Å²) in [6, 6.07) is 4.30. The Morgan fingerprint density at radius 1 is 1.29 bits per heavy atom. The SMILES string of the molecule is Cc1ccc(C2CC(C)CCN2c2ncnc3c2c(Br)nn3C)o1. The van der Waals surface area contributed by atoms with Crippen LogP contribution in [0.2, 0.25) is 0 Å². The first-order valence-corrected chi connectivity index (χ1v) is 9.00. The van der Waals surface area contributed by atoms with E-state index in [1.54, 1.807) is 11.0 Å². The minimum atomic E-state index is 0.188. The highest BCUT2D eigenvalue weighted by atomic mass is 79.9. The van der Waals surface area contributed by atoms with E-state index < -0.39 is 0 Å². The van der Waals surface area contributed by atoms with Gasteiger partial charge in [-0.1, -0.05) is 6.92 Å². The van der Waals surface area contributed by atoms with E-state index in [4.69, 9.17) is 4.42 Å². The first-order chi connectivity index (χ1) is 11.5. The van der Waals surface area contributed by atoms with Gasteiger partial charge < -0.3 is 9.32 Å². The van der Waals surface area contributed by atoms with Crippen molar-refractivity contribution in [3.63, 3.8) is 0 Å². The molecule has 0 bridgehead atoms. The maximum atomic E-state index is 5.95. The molecule has 1 aliphatic rings. The molecule has 1 aliphatic heterocycles. The lowest BCUT2D eigenvalue weighted by molar-refractivity contribution is 0.323. The number of halogens is 1. The van der Waals surface area contributed by atoms with E-state index >= 15 is 0 Å². The zero-order chi connectivity index (χ0) is 16.8. The van der Waals surface area contributed by atoms with Gasteiger partial charge in [-0.2, -0.15) is 5.10 Å². The Morgan fingerprint density at radius 3 is 2.88 bits per heavy atom. The lowest BCUT2D eigenvalue weighted by Gasteiger charge is -2.38. The monoisotopic (exact) mass is 389 g/mol. The van der Waals surface area contributed by atoms with E-state index in [1.807, 2.05) is 20.0 Å². The molecule has 1 fully saturated rings. The van der Waals surface area contributed by atoms with Gasteiger partial charge >= 0.3 is 0 Å². The number of hydrogen-bond acceptors (Lipinski definition) is 5. The molecular formula is C17H20BrN5O. The number of aryl methyl sites for hydroxylation is 2. The van der Waals surface area contributed by atoms with Crippen LogP contribution >= 0.6 is 15.9 Å². The Hall–Kier alpha value is -1.89. The number of furan rings is 1. The summed E-state index contributed by atoms with van der Waals surface area (Å²) >= 11 is 3.57. The van der Waals surface area contributed by atoms with Crippen molar-refractivity contribution in [3.05, 3.63) is 34.6 Å². The molecule has 3 aromatic heterocycles. The van der Waals surface area contributed by atoms with Crippen molar-refractivity contribution in [2.75, 3.05) is 11.4 Å². The van der Waals surface area contributed by atoms with Crippen LogP contribution in [-0.4, -0.2) is 26.3 Å². The third kappa shape index (κ3) is 2.51. The number of fused-ring (bicyclic) bond motifs is 1. The van der Waals surface area contributed by atoms with Crippen LogP contribution in [0, 0.1) is 12.8 Å². The van der Waals surface area contributed by atoms with Crippen molar-refractivity contribution in [3.8, 4) is 0 Å². The Bertz CT molecular complexity index is 886. The highest BCUT2D eigenvalue weighted by Gasteiger charge is 2.32. The van der Waals surface area contributed by atoms with E-state index in [9.17, 15) is 0 Å². The summed E-state index contributed by atoms with van der Waals surface area (Å²) in [6.07, 6.45) is 3.81. The van der Waals surface area contributed by atoms with Crippen molar-refractivity contribution in [1.29, 1.82) is 0 Å². The largest absolute Gasteiger partial charge is 0.464 e. The van der Waals surface area contributed by atoms with Gasteiger partial charge in [0.25, 0.3) is 0 Å². The van der Waals surface area contributed by atoms with Gasteiger partial charge in [-0.05, 0) is 53.7 Å². The van der Waals surface area contributed by atoms with Gasteiger partial charge in [-0.15, -0.1) is 0 Å². The maximum absolute atomic E-state index is 5.95. The van der Waals surface area contributed by atoms with Crippen LogP contribution in [0.15, 0.2) is 27.5 Å². The van der Waals surface area contributed by atoms with Gasteiger partial charge in [0.2, 0.25) is 0 Å². The predicted molar refractivity (Wildman–Crippen MR) is 95.9 cm³/mol. The molecule has 0 aromatic carbocycles. The molecule has 3 aromatic rings. The fourth-order valence-electron chi connectivity index (χ4n) is 3.54. The molecule has 0 N–H and O–H groups in total. The zero-order valence-electron chi connectivity index (χ0n) is 14.0. The summed E-state index contributed by atoms with van der Waals surface area (Å²) in [6.45, 7) is 5.23. The molecule has 4 rings (SSSR count). The van der Waals surface area contributed by atoms with Crippen LogP contribution in [0.1, 0.15) is 37.3 Å². The second-order valence-electron chi connectivity index (χ2n) is 6.60. The third-order valence-corrected chi connectivity index (χ3v) is 5.34. The smallest absolute Gasteiger partial charge is 0.164 e. The molecule has 2 atom stereocenters. The van der Waals surface area contributed by atoms with Crippen LogP contribution in [0.5, 0.6) is 0 Å². The molecule has 7 heteroatoms. The molecule has 0 saturated carbocycles. The van der Waals surface area contributed by atoms with Crippen LogP contribution in [-0.2, 0) is 7.05 Å². The summed E-state index contributed by atoms with van der Waals surface area (Å²) in [5.74, 6) is 3.53. The second-order valence-corrected chi connectivity index (χ2v) is 7.35. The van der Waals surface area contributed by atoms with Crippen molar-refractivity contribution in [2.24, 2.45) is 13.0 Å². The summed E-state index contributed by atoms with van der Waals surface area (Å²) in [4.78, 5) is 11.3. The van der Waals surface area contributed by atoms with Crippen LogP contribution in [0.3, 0.4) is 0 Å². The molecule has 24 heavy (non-hydrogen) atoms. The van der Waals surface area contributed by atoms with E-state index in [1.165, 1.54) is 0 Å². The van der Waals surface area contributed by atoms with Crippen LogP contribution in [0.25, 0.3) is 11.0 Å². The molecule has 6 nitrogen and oxygen atoms in total. The molecule has 0 aliphatic carbocycles. The van der Waals surface area contributed by atoms with Gasteiger partial charge in [0.1, 0.15) is 28.3 Å². The Labute approximate surface area is 149 Å².